The SMILES string of the molecule is O=C(Nc1nnc(-c2ccc(Br)o2)o1)c1cc([N+](=O)[O-])cc([N+](=O)[O-])c1. The summed E-state index contributed by atoms with van der Waals surface area (Å²) in [5.74, 6) is -0.667. The number of nitro groups is 2. The number of rotatable bonds is 5. The zero-order valence-electron chi connectivity index (χ0n) is 12.4. The molecule has 0 unspecified atom stereocenters. The van der Waals surface area contributed by atoms with E-state index in [1.165, 1.54) is 0 Å². The van der Waals surface area contributed by atoms with E-state index in [1.807, 2.05) is 0 Å². The van der Waals surface area contributed by atoms with Crippen molar-refractivity contribution in [1.82, 2.24) is 10.2 Å². The van der Waals surface area contributed by atoms with Crippen molar-refractivity contribution >= 4 is 39.2 Å². The number of carbonyl (C=O) groups excluding carboxylic acids is 1. The molecule has 0 atom stereocenters. The lowest BCUT2D eigenvalue weighted by Crippen LogP contribution is -2.13. The molecule has 1 amide bonds. The minimum atomic E-state index is -0.896. The number of halogens is 1. The molecule has 132 valence electrons. The van der Waals surface area contributed by atoms with Crippen molar-refractivity contribution in [1.29, 1.82) is 0 Å². The van der Waals surface area contributed by atoms with E-state index in [0.717, 1.165) is 18.2 Å². The Morgan fingerprint density at radius 2 is 1.69 bits per heavy atom. The predicted molar refractivity (Wildman–Crippen MR) is 87.4 cm³/mol. The minimum Gasteiger partial charge on any atom is -0.444 e. The van der Waals surface area contributed by atoms with Gasteiger partial charge in [-0.05, 0) is 28.1 Å². The van der Waals surface area contributed by atoms with E-state index in [4.69, 9.17) is 8.83 Å². The highest BCUT2D eigenvalue weighted by atomic mass is 79.9. The average Bonchev–Trinajstić information content (AvgIpc) is 3.23. The molecule has 0 radical (unpaired) electrons. The normalized spacial score (nSPS) is 10.5. The first-order valence-corrected chi connectivity index (χ1v) is 7.47. The van der Waals surface area contributed by atoms with Gasteiger partial charge in [0.1, 0.15) is 0 Å². The molecule has 26 heavy (non-hydrogen) atoms. The molecule has 1 aromatic carbocycles. The highest BCUT2D eigenvalue weighted by Gasteiger charge is 2.21. The van der Waals surface area contributed by atoms with Crippen molar-refractivity contribution in [2.75, 3.05) is 5.32 Å². The number of non-ortho nitro benzene ring substituents is 2. The highest BCUT2D eigenvalue weighted by Crippen LogP contribution is 2.26. The Morgan fingerprint density at radius 3 is 2.23 bits per heavy atom. The largest absolute Gasteiger partial charge is 0.444 e. The number of anilines is 1. The van der Waals surface area contributed by atoms with Crippen LogP contribution < -0.4 is 5.32 Å². The van der Waals surface area contributed by atoms with E-state index in [-0.39, 0.29) is 23.2 Å². The molecule has 3 rings (SSSR count). The van der Waals surface area contributed by atoms with E-state index < -0.39 is 27.1 Å². The number of furan rings is 1. The van der Waals surface area contributed by atoms with Gasteiger partial charge in [-0.15, -0.1) is 5.10 Å². The molecule has 1 N–H and O–H groups in total. The van der Waals surface area contributed by atoms with E-state index in [1.54, 1.807) is 12.1 Å². The molecule has 13 heteroatoms. The molecule has 0 bridgehead atoms. The summed E-state index contributed by atoms with van der Waals surface area (Å²) in [5.41, 5.74) is -1.52. The number of aromatic nitrogens is 2. The van der Waals surface area contributed by atoms with Gasteiger partial charge in [0.15, 0.2) is 10.4 Å². The smallest absolute Gasteiger partial charge is 0.322 e. The van der Waals surface area contributed by atoms with Gasteiger partial charge in [-0.25, -0.2) is 0 Å². The molecule has 2 heterocycles. The van der Waals surface area contributed by atoms with E-state index in [0.29, 0.717) is 4.67 Å². The van der Waals surface area contributed by atoms with Crippen molar-refractivity contribution in [3.05, 3.63) is 60.8 Å². The van der Waals surface area contributed by atoms with E-state index >= 15 is 0 Å². The second-order valence-corrected chi connectivity index (χ2v) is 5.50. The van der Waals surface area contributed by atoms with Crippen LogP contribution in [0.25, 0.3) is 11.7 Å². The number of nitrogens with zero attached hydrogens (tertiary/aromatic N) is 4. The molecule has 0 aliphatic heterocycles. The fourth-order valence-corrected chi connectivity index (χ4v) is 2.22. The summed E-state index contributed by atoms with van der Waals surface area (Å²) in [4.78, 5) is 32.2. The number of carbonyl (C=O) groups is 1. The topological polar surface area (TPSA) is 167 Å². The number of benzene rings is 1. The van der Waals surface area contributed by atoms with Gasteiger partial charge >= 0.3 is 6.01 Å². The van der Waals surface area contributed by atoms with Crippen LogP contribution in [0.4, 0.5) is 17.4 Å². The average molecular weight is 424 g/mol. The molecule has 0 fully saturated rings. The lowest BCUT2D eigenvalue weighted by molar-refractivity contribution is -0.394. The Morgan fingerprint density at radius 1 is 1.04 bits per heavy atom. The maximum absolute atomic E-state index is 12.2. The molecular formula is C13H6BrN5O7. The minimum absolute atomic E-state index is 0.0176. The van der Waals surface area contributed by atoms with Gasteiger partial charge in [-0.1, -0.05) is 5.10 Å². The summed E-state index contributed by atoms with van der Waals surface area (Å²) in [5, 5.41) is 31.2. The summed E-state index contributed by atoms with van der Waals surface area (Å²) in [6, 6.07) is 5.36. The van der Waals surface area contributed by atoms with Crippen LogP contribution in [-0.2, 0) is 0 Å². The summed E-state index contributed by atoms with van der Waals surface area (Å²) in [6.07, 6.45) is 0. The quantitative estimate of drug-likeness (QED) is 0.478. The molecule has 0 aliphatic carbocycles. The molecule has 0 aliphatic rings. The third-order valence-electron chi connectivity index (χ3n) is 3.02. The molecule has 2 aromatic heterocycles. The number of hydrogen-bond acceptors (Lipinski definition) is 9. The van der Waals surface area contributed by atoms with Crippen LogP contribution in [0.1, 0.15) is 10.4 Å². The van der Waals surface area contributed by atoms with Crippen LogP contribution in [-0.4, -0.2) is 26.0 Å². The lowest BCUT2D eigenvalue weighted by Gasteiger charge is -2.01. The Kier molecular flexibility index (Phi) is 4.45. The van der Waals surface area contributed by atoms with Gasteiger partial charge in [-0.3, -0.25) is 30.3 Å². The van der Waals surface area contributed by atoms with Gasteiger partial charge in [0.05, 0.1) is 21.5 Å². The fraction of sp³-hybridized carbons (Fsp3) is 0. The van der Waals surface area contributed by atoms with Crippen molar-refractivity contribution in [2.45, 2.75) is 0 Å². The van der Waals surface area contributed by atoms with E-state index in [9.17, 15) is 25.0 Å². The predicted octanol–water partition coefficient (Wildman–Crippen LogP) is 3.16. The fourth-order valence-electron chi connectivity index (χ4n) is 1.91. The molecule has 12 nitrogen and oxygen atoms in total. The van der Waals surface area contributed by atoms with Gasteiger partial charge < -0.3 is 8.83 Å². The summed E-state index contributed by atoms with van der Waals surface area (Å²) in [6.45, 7) is 0. The van der Waals surface area contributed by atoms with Crippen molar-refractivity contribution < 1.29 is 23.5 Å². The van der Waals surface area contributed by atoms with Crippen molar-refractivity contribution in [2.24, 2.45) is 0 Å². The summed E-state index contributed by atoms with van der Waals surface area (Å²) >= 11 is 3.11. The molecule has 3 aromatic rings. The first-order chi connectivity index (χ1) is 12.3. The second kappa shape index (κ2) is 6.72. The Labute approximate surface area is 151 Å². The summed E-state index contributed by atoms with van der Waals surface area (Å²) < 4.78 is 10.8. The van der Waals surface area contributed by atoms with Gasteiger partial charge in [0, 0.05) is 12.1 Å². The second-order valence-electron chi connectivity index (χ2n) is 4.72. The van der Waals surface area contributed by atoms with Crippen LogP contribution in [0.15, 0.2) is 43.8 Å². The van der Waals surface area contributed by atoms with E-state index in [2.05, 4.69) is 31.4 Å². The third-order valence-corrected chi connectivity index (χ3v) is 3.44. The first-order valence-electron chi connectivity index (χ1n) is 6.68. The molecule has 0 saturated heterocycles. The van der Waals surface area contributed by atoms with Crippen molar-refractivity contribution in [3.63, 3.8) is 0 Å². The number of hydrogen-bond donors (Lipinski definition) is 1. The zero-order valence-corrected chi connectivity index (χ0v) is 14.0. The Hall–Kier alpha value is -3.61. The van der Waals surface area contributed by atoms with Crippen LogP contribution in [0.3, 0.4) is 0 Å². The van der Waals surface area contributed by atoms with Gasteiger partial charge in [0.2, 0.25) is 0 Å². The van der Waals surface area contributed by atoms with Crippen LogP contribution in [0, 0.1) is 20.2 Å². The van der Waals surface area contributed by atoms with Crippen LogP contribution in [0.2, 0.25) is 0 Å². The maximum Gasteiger partial charge on any atom is 0.322 e. The number of nitro benzene ring substituents is 2. The first kappa shape index (κ1) is 17.2. The third kappa shape index (κ3) is 3.56. The Bertz CT molecular complexity index is 995. The van der Waals surface area contributed by atoms with Crippen LogP contribution >= 0.6 is 15.9 Å². The highest BCUT2D eigenvalue weighted by molar-refractivity contribution is 9.10. The maximum atomic E-state index is 12.2. The van der Waals surface area contributed by atoms with Crippen molar-refractivity contribution in [3.8, 4) is 11.7 Å². The molecule has 0 spiro atoms. The standard InChI is InChI=1S/C13H6BrN5O7/c14-10-2-1-9(25-10)12-16-17-13(26-12)15-11(20)6-3-7(18(21)22)5-8(4-6)19(23)24/h1-5H,(H,15,17,20). The molecule has 0 saturated carbocycles. The number of nitrogens with one attached hydrogen (secondary N) is 1. The Balaban J connectivity index is 1.85. The summed E-state index contributed by atoms with van der Waals surface area (Å²) in [7, 11) is 0. The number of amides is 1. The monoisotopic (exact) mass is 423 g/mol. The lowest BCUT2D eigenvalue weighted by atomic mass is 10.1. The van der Waals surface area contributed by atoms with Crippen LogP contribution in [0.5, 0.6) is 0 Å². The zero-order chi connectivity index (χ0) is 18.8. The van der Waals surface area contributed by atoms with Gasteiger partial charge in [0.25, 0.3) is 23.2 Å². The molecular weight excluding hydrogens is 418 g/mol. The van der Waals surface area contributed by atoms with Gasteiger partial charge in [-0.2, -0.15) is 0 Å².